The molecule has 0 aliphatic heterocycles. The highest BCUT2D eigenvalue weighted by Crippen LogP contribution is 2.32. The van der Waals surface area contributed by atoms with E-state index in [1.807, 2.05) is 0 Å². The van der Waals surface area contributed by atoms with E-state index in [4.69, 9.17) is 5.11 Å². The van der Waals surface area contributed by atoms with Crippen molar-refractivity contribution in [3.05, 3.63) is 41.8 Å². The molecular formula is C9H8F3O. The molecule has 0 aliphatic rings. The first-order chi connectivity index (χ1) is 5.96. The van der Waals surface area contributed by atoms with Crippen LogP contribution in [0.1, 0.15) is 16.7 Å². The molecule has 0 bridgehead atoms. The third-order valence-corrected chi connectivity index (χ3v) is 1.75. The molecule has 1 rings (SSSR count). The zero-order valence-electron chi connectivity index (χ0n) is 6.73. The number of benzene rings is 1. The summed E-state index contributed by atoms with van der Waals surface area (Å²) < 4.78 is 36.7. The highest BCUT2D eigenvalue weighted by atomic mass is 19.4. The highest BCUT2D eigenvalue weighted by molar-refractivity contribution is 5.38. The summed E-state index contributed by atoms with van der Waals surface area (Å²) in [6.07, 6.45) is -4.40. The van der Waals surface area contributed by atoms with Crippen molar-refractivity contribution in [3.8, 4) is 0 Å². The van der Waals surface area contributed by atoms with Gasteiger partial charge in [0.15, 0.2) is 0 Å². The lowest BCUT2D eigenvalue weighted by atomic mass is 10.0. The lowest BCUT2D eigenvalue weighted by molar-refractivity contribution is -0.137. The predicted molar refractivity (Wildman–Crippen MR) is 41.8 cm³/mol. The molecule has 13 heavy (non-hydrogen) atoms. The Balaban J connectivity index is 3.24. The summed E-state index contributed by atoms with van der Waals surface area (Å²) in [6.45, 7) is 2.85. The van der Waals surface area contributed by atoms with Crippen molar-refractivity contribution in [2.24, 2.45) is 0 Å². The molecule has 1 N–H and O–H groups in total. The Hall–Kier alpha value is -1.03. The highest BCUT2D eigenvalue weighted by Gasteiger charge is 2.32. The van der Waals surface area contributed by atoms with Gasteiger partial charge in [0.2, 0.25) is 0 Å². The molecule has 1 radical (unpaired) electrons. The lowest BCUT2D eigenvalue weighted by Gasteiger charge is -2.12. The van der Waals surface area contributed by atoms with E-state index in [2.05, 4.69) is 6.92 Å². The van der Waals surface area contributed by atoms with Crippen LogP contribution in [0.25, 0.3) is 0 Å². The van der Waals surface area contributed by atoms with E-state index in [1.54, 1.807) is 0 Å². The van der Waals surface area contributed by atoms with Crippen LogP contribution < -0.4 is 0 Å². The number of aliphatic hydroxyl groups is 1. The molecule has 0 saturated heterocycles. The summed E-state index contributed by atoms with van der Waals surface area (Å²) in [4.78, 5) is 0. The molecule has 0 unspecified atom stereocenters. The van der Waals surface area contributed by atoms with Crippen molar-refractivity contribution in [3.63, 3.8) is 0 Å². The lowest BCUT2D eigenvalue weighted by Crippen LogP contribution is -2.08. The summed E-state index contributed by atoms with van der Waals surface area (Å²) in [5.74, 6) is 0. The second-order valence-corrected chi connectivity index (χ2v) is 2.60. The minimum absolute atomic E-state index is 0.155. The zero-order valence-corrected chi connectivity index (χ0v) is 6.73. The van der Waals surface area contributed by atoms with Gasteiger partial charge in [0.25, 0.3) is 0 Å². The van der Waals surface area contributed by atoms with Gasteiger partial charge in [-0.05, 0) is 24.1 Å². The average molecular weight is 189 g/mol. The van der Waals surface area contributed by atoms with Crippen molar-refractivity contribution < 1.29 is 18.3 Å². The fourth-order valence-corrected chi connectivity index (χ4v) is 1.05. The second-order valence-electron chi connectivity index (χ2n) is 2.60. The van der Waals surface area contributed by atoms with Crippen LogP contribution in [0.3, 0.4) is 0 Å². The minimum atomic E-state index is -4.40. The van der Waals surface area contributed by atoms with Gasteiger partial charge in [-0.2, -0.15) is 13.2 Å². The van der Waals surface area contributed by atoms with Crippen LogP contribution in [0.2, 0.25) is 0 Å². The standard InChI is InChI=1S/C9H8F3O/c1-6-7(5-13)3-2-4-8(6)9(10,11)12/h2-4,13H,1,5H2. The average Bonchev–Trinajstić information content (AvgIpc) is 2.02. The van der Waals surface area contributed by atoms with Gasteiger partial charge < -0.3 is 5.11 Å². The molecule has 0 saturated carbocycles. The number of alkyl halides is 3. The van der Waals surface area contributed by atoms with Crippen molar-refractivity contribution in [1.82, 2.24) is 0 Å². The number of aliphatic hydroxyl groups excluding tert-OH is 1. The van der Waals surface area contributed by atoms with E-state index in [1.165, 1.54) is 12.1 Å². The Morgan fingerprint density at radius 2 is 1.92 bits per heavy atom. The molecule has 0 fully saturated rings. The van der Waals surface area contributed by atoms with Crippen LogP contribution in [0.4, 0.5) is 13.2 Å². The van der Waals surface area contributed by atoms with Crippen molar-refractivity contribution in [2.75, 3.05) is 0 Å². The molecule has 0 aromatic heterocycles. The smallest absolute Gasteiger partial charge is 0.392 e. The Labute approximate surface area is 73.8 Å². The molecule has 1 aromatic rings. The molecule has 1 aromatic carbocycles. The van der Waals surface area contributed by atoms with E-state index < -0.39 is 18.3 Å². The molecule has 0 spiro atoms. The van der Waals surface area contributed by atoms with E-state index in [-0.39, 0.29) is 11.1 Å². The first-order valence-corrected chi connectivity index (χ1v) is 3.58. The van der Waals surface area contributed by atoms with E-state index in [9.17, 15) is 13.2 Å². The first kappa shape index (κ1) is 10.1. The van der Waals surface area contributed by atoms with Crippen LogP contribution in [0.5, 0.6) is 0 Å². The van der Waals surface area contributed by atoms with Gasteiger partial charge in [-0.15, -0.1) is 0 Å². The normalized spacial score (nSPS) is 11.8. The largest absolute Gasteiger partial charge is 0.416 e. The summed E-state index contributed by atoms with van der Waals surface area (Å²) >= 11 is 0. The first-order valence-electron chi connectivity index (χ1n) is 3.58. The molecule has 0 aliphatic carbocycles. The van der Waals surface area contributed by atoms with E-state index >= 15 is 0 Å². The molecule has 1 nitrogen and oxygen atoms in total. The van der Waals surface area contributed by atoms with Gasteiger partial charge in [-0.25, -0.2) is 0 Å². The number of halogens is 3. The summed E-state index contributed by atoms with van der Waals surface area (Å²) in [7, 11) is 0. The third-order valence-electron chi connectivity index (χ3n) is 1.75. The van der Waals surface area contributed by atoms with Crippen LogP contribution >= 0.6 is 0 Å². The maximum absolute atomic E-state index is 12.2. The summed E-state index contributed by atoms with van der Waals surface area (Å²) in [6, 6.07) is 3.61. The maximum Gasteiger partial charge on any atom is 0.416 e. The van der Waals surface area contributed by atoms with Gasteiger partial charge in [0.1, 0.15) is 0 Å². The molecular weight excluding hydrogens is 181 g/mol. The zero-order chi connectivity index (χ0) is 10.1. The molecule has 71 valence electrons. The van der Waals surface area contributed by atoms with Crippen molar-refractivity contribution >= 4 is 0 Å². The SMILES string of the molecule is [CH2]c1c(CO)cccc1C(F)(F)F. The Morgan fingerprint density at radius 3 is 2.38 bits per heavy atom. The van der Waals surface area contributed by atoms with E-state index in [0.29, 0.717) is 0 Å². The monoisotopic (exact) mass is 189 g/mol. The Morgan fingerprint density at radius 1 is 1.31 bits per heavy atom. The molecule has 0 amide bonds. The van der Waals surface area contributed by atoms with Gasteiger partial charge in [0.05, 0.1) is 12.2 Å². The van der Waals surface area contributed by atoms with Crippen LogP contribution in [0, 0.1) is 6.92 Å². The van der Waals surface area contributed by atoms with Gasteiger partial charge in [-0.1, -0.05) is 12.1 Å². The number of rotatable bonds is 1. The molecule has 4 heteroatoms. The molecule has 0 heterocycles. The predicted octanol–water partition coefficient (Wildman–Crippen LogP) is 2.38. The van der Waals surface area contributed by atoms with Crippen LogP contribution in [-0.4, -0.2) is 5.11 Å². The van der Waals surface area contributed by atoms with Crippen molar-refractivity contribution in [1.29, 1.82) is 0 Å². The maximum atomic E-state index is 12.2. The van der Waals surface area contributed by atoms with Gasteiger partial charge >= 0.3 is 6.18 Å². The third kappa shape index (κ3) is 2.01. The fraction of sp³-hybridized carbons (Fsp3) is 0.222. The second kappa shape index (κ2) is 3.38. The van der Waals surface area contributed by atoms with Crippen LogP contribution in [-0.2, 0) is 12.8 Å². The Kier molecular flexibility index (Phi) is 2.61. The molecule has 0 atom stereocenters. The quantitative estimate of drug-likeness (QED) is 0.719. The fourth-order valence-electron chi connectivity index (χ4n) is 1.05. The van der Waals surface area contributed by atoms with E-state index in [0.717, 1.165) is 6.07 Å². The van der Waals surface area contributed by atoms with Gasteiger partial charge in [-0.3, -0.25) is 0 Å². The topological polar surface area (TPSA) is 20.2 Å². The number of hydrogen-bond donors (Lipinski definition) is 1. The number of hydrogen-bond acceptors (Lipinski definition) is 1. The summed E-state index contributed by atoms with van der Waals surface area (Å²) in [5, 5.41) is 8.70. The Bertz CT molecular complexity index is 304. The van der Waals surface area contributed by atoms with Crippen LogP contribution in [0.15, 0.2) is 18.2 Å². The van der Waals surface area contributed by atoms with Crippen molar-refractivity contribution in [2.45, 2.75) is 12.8 Å². The minimum Gasteiger partial charge on any atom is -0.392 e. The summed E-state index contributed by atoms with van der Waals surface area (Å²) in [5.41, 5.74) is -0.744. The van der Waals surface area contributed by atoms with Gasteiger partial charge in [0, 0.05) is 0 Å².